The Morgan fingerprint density at radius 2 is 1.81 bits per heavy atom. The van der Waals surface area contributed by atoms with Crippen molar-refractivity contribution in [1.29, 1.82) is 0 Å². The van der Waals surface area contributed by atoms with E-state index >= 15 is 0 Å². The van der Waals surface area contributed by atoms with Crippen LogP contribution in [0.2, 0.25) is 5.02 Å². The minimum absolute atomic E-state index is 0.228. The molecule has 2 heterocycles. The molecule has 0 aromatic heterocycles. The maximum Gasteiger partial charge on any atom is 0.494 e. The van der Waals surface area contributed by atoms with Crippen molar-refractivity contribution in [3.05, 3.63) is 22.7 Å². The monoisotopic (exact) mass is 308 g/mol. The number of hydrogen-bond donors (Lipinski definition) is 0. The average molecular weight is 309 g/mol. The summed E-state index contributed by atoms with van der Waals surface area (Å²) in [6.45, 7) is 10.3. The number of fused-ring (bicyclic) bond motifs is 1. The molecule has 0 aliphatic carbocycles. The molecule has 21 heavy (non-hydrogen) atoms. The highest BCUT2D eigenvalue weighted by atomic mass is 35.5. The standard InChI is InChI=1S/C16H22BClO3/c1-6-12-8-10-7-11(9-13(18)14(10)19-12)17-20-15(2,3)16(4,5)21-17/h7,9,12H,6,8H2,1-5H3. The van der Waals surface area contributed by atoms with Crippen LogP contribution in [0.15, 0.2) is 12.1 Å². The second-order valence-electron chi connectivity index (χ2n) is 6.93. The van der Waals surface area contributed by atoms with E-state index < -0.39 is 0 Å². The van der Waals surface area contributed by atoms with Crippen LogP contribution in [-0.2, 0) is 15.7 Å². The van der Waals surface area contributed by atoms with Crippen LogP contribution in [0.4, 0.5) is 0 Å². The van der Waals surface area contributed by atoms with Gasteiger partial charge in [0.25, 0.3) is 0 Å². The van der Waals surface area contributed by atoms with Crippen LogP contribution in [0.5, 0.6) is 5.75 Å². The van der Waals surface area contributed by atoms with Gasteiger partial charge in [-0.15, -0.1) is 0 Å². The van der Waals surface area contributed by atoms with Gasteiger partial charge in [0, 0.05) is 6.42 Å². The maximum atomic E-state index is 6.38. The van der Waals surface area contributed by atoms with Crippen LogP contribution in [-0.4, -0.2) is 24.4 Å². The molecule has 3 rings (SSSR count). The zero-order valence-electron chi connectivity index (χ0n) is 13.3. The Morgan fingerprint density at radius 3 is 2.38 bits per heavy atom. The first kappa shape index (κ1) is 15.2. The van der Waals surface area contributed by atoms with Crippen molar-refractivity contribution in [2.45, 2.75) is 64.8 Å². The number of benzene rings is 1. The van der Waals surface area contributed by atoms with Crippen molar-refractivity contribution >= 4 is 24.2 Å². The number of hydrogen-bond acceptors (Lipinski definition) is 3. The summed E-state index contributed by atoms with van der Waals surface area (Å²) >= 11 is 6.38. The fourth-order valence-electron chi connectivity index (χ4n) is 2.75. The fraction of sp³-hybridized carbons (Fsp3) is 0.625. The van der Waals surface area contributed by atoms with Crippen molar-refractivity contribution in [3.8, 4) is 5.75 Å². The second kappa shape index (κ2) is 4.90. The van der Waals surface area contributed by atoms with Gasteiger partial charge in [0.1, 0.15) is 11.9 Å². The molecule has 2 aliphatic heterocycles. The smallest absolute Gasteiger partial charge is 0.488 e. The highest BCUT2D eigenvalue weighted by molar-refractivity contribution is 6.62. The number of ether oxygens (including phenoxy) is 1. The summed E-state index contributed by atoms with van der Waals surface area (Å²) in [6, 6.07) is 4.01. The third kappa shape index (κ3) is 2.47. The Morgan fingerprint density at radius 1 is 1.19 bits per heavy atom. The van der Waals surface area contributed by atoms with Gasteiger partial charge < -0.3 is 14.0 Å². The number of rotatable bonds is 2. The van der Waals surface area contributed by atoms with Crippen LogP contribution in [0.1, 0.15) is 46.6 Å². The zero-order chi connectivity index (χ0) is 15.4. The Hall–Kier alpha value is -0.705. The van der Waals surface area contributed by atoms with Crippen molar-refractivity contribution in [1.82, 2.24) is 0 Å². The molecular weight excluding hydrogens is 286 g/mol. The molecule has 1 unspecified atom stereocenters. The van der Waals surface area contributed by atoms with Crippen LogP contribution in [0.25, 0.3) is 0 Å². The predicted molar refractivity (Wildman–Crippen MR) is 85.6 cm³/mol. The van der Waals surface area contributed by atoms with Crippen molar-refractivity contribution < 1.29 is 14.0 Å². The van der Waals surface area contributed by atoms with E-state index in [-0.39, 0.29) is 24.4 Å². The molecule has 1 fully saturated rings. The molecule has 2 aliphatic rings. The van der Waals surface area contributed by atoms with E-state index in [4.69, 9.17) is 25.6 Å². The van der Waals surface area contributed by atoms with E-state index in [9.17, 15) is 0 Å². The number of halogens is 1. The summed E-state index contributed by atoms with van der Waals surface area (Å²) in [6.07, 6.45) is 2.11. The summed E-state index contributed by atoms with van der Waals surface area (Å²) in [5.74, 6) is 0.823. The average Bonchev–Trinajstić information content (AvgIpc) is 2.89. The van der Waals surface area contributed by atoms with E-state index in [1.807, 2.05) is 6.07 Å². The first-order valence-corrected chi connectivity index (χ1v) is 7.96. The van der Waals surface area contributed by atoms with Gasteiger partial charge in [-0.1, -0.05) is 24.6 Å². The lowest BCUT2D eigenvalue weighted by Crippen LogP contribution is -2.41. The van der Waals surface area contributed by atoms with Gasteiger partial charge >= 0.3 is 7.12 Å². The molecule has 0 spiro atoms. The Kier molecular flexibility index (Phi) is 3.55. The minimum atomic E-state index is -0.376. The molecule has 1 saturated heterocycles. The third-order valence-electron chi connectivity index (χ3n) is 4.86. The molecule has 0 bridgehead atoms. The molecule has 0 amide bonds. The normalized spacial score (nSPS) is 25.8. The van der Waals surface area contributed by atoms with Gasteiger partial charge in [-0.3, -0.25) is 0 Å². The van der Waals surface area contributed by atoms with Gasteiger partial charge in [-0.25, -0.2) is 0 Å². The van der Waals surface area contributed by atoms with Crippen molar-refractivity contribution in [2.24, 2.45) is 0 Å². The highest BCUT2D eigenvalue weighted by Gasteiger charge is 2.52. The van der Waals surface area contributed by atoms with Crippen LogP contribution >= 0.6 is 11.6 Å². The van der Waals surface area contributed by atoms with Crippen LogP contribution in [0.3, 0.4) is 0 Å². The summed E-state index contributed by atoms with van der Waals surface area (Å²) in [5.41, 5.74) is 1.44. The quantitative estimate of drug-likeness (QED) is 0.784. The third-order valence-corrected chi connectivity index (χ3v) is 5.14. The summed E-state index contributed by atoms with van der Waals surface area (Å²) in [7, 11) is -0.376. The van der Waals surface area contributed by atoms with E-state index in [1.165, 1.54) is 0 Å². The molecular formula is C16H22BClO3. The largest absolute Gasteiger partial charge is 0.494 e. The molecule has 5 heteroatoms. The topological polar surface area (TPSA) is 27.7 Å². The first-order chi connectivity index (χ1) is 9.73. The van der Waals surface area contributed by atoms with Gasteiger partial charge in [0.2, 0.25) is 0 Å². The summed E-state index contributed by atoms with van der Waals surface area (Å²) < 4.78 is 18.1. The lowest BCUT2D eigenvalue weighted by atomic mass is 9.78. The van der Waals surface area contributed by atoms with E-state index in [0.717, 1.165) is 29.6 Å². The van der Waals surface area contributed by atoms with E-state index in [0.29, 0.717) is 5.02 Å². The predicted octanol–water partition coefficient (Wildman–Crippen LogP) is 3.35. The van der Waals surface area contributed by atoms with E-state index in [2.05, 4.69) is 40.7 Å². The van der Waals surface area contributed by atoms with Crippen molar-refractivity contribution in [3.63, 3.8) is 0 Å². The molecule has 0 saturated carbocycles. The fourth-order valence-corrected chi connectivity index (χ4v) is 3.05. The van der Waals surface area contributed by atoms with Crippen LogP contribution in [0, 0.1) is 0 Å². The molecule has 1 aromatic rings. The molecule has 0 N–H and O–H groups in total. The summed E-state index contributed by atoms with van der Waals surface area (Å²) in [4.78, 5) is 0. The molecule has 3 nitrogen and oxygen atoms in total. The van der Waals surface area contributed by atoms with Gasteiger partial charge in [-0.2, -0.15) is 0 Å². The molecule has 1 aromatic carbocycles. The van der Waals surface area contributed by atoms with E-state index in [1.54, 1.807) is 0 Å². The maximum absolute atomic E-state index is 6.38. The van der Waals surface area contributed by atoms with Gasteiger partial charge in [0.05, 0.1) is 16.2 Å². The van der Waals surface area contributed by atoms with Gasteiger partial charge in [-0.05, 0) is 51.2 Å². The molecule has 114 valence electrons. The minimum Gasteiger partial charge on any atom is -0.488 e. The van der Waals surface area contributed by atoms with Crippen LogP contribution < -0.4 is 10.2 Å². The second-order valence-corrected chi connectivity index (χ2v) is 7.34. The first-order valence-electron chi connectivity index (χ1n) is 7.58. The summed E-state index contributed by atoms with van der Waals surface area (Å²) in [5, 5.41) is 0.646. The lowest BCUT2D eigenvalue weighted by Gasteiger charge is -2.32. The zero-order valence-corrected chi connectivity index (χ0v) is 14.1. The lowest BCUT2D eigenvalue weighted by molar-refractivity contribution is 0.00578. The Balaban J connectivity index is 1.91. The highest BCUT2D eigenvalue weighted by Crippen LogP contribution is 2.39. The molecule has 0 radical (unpaired) electrons. The SMILES string of the molecule is CCC1Cc2cc(B3OC(C)(C)C(C)(C)O3)cc(Cl)c2O1. The van der Waals surface area contributed by atoms with Crippen molar-refractivity contribution in [2.75, 3.05) is 0 Å². The van der Waals surface area contributed by atoms with Gasteiger partial charge in [0.15, 0.2) is 0 Å². The molecule has 1 atom stereocenters. The Bertz CT molecular complexity index is 555. The Labute approximate surface area is 132 Å².